The van der Waals surface area contributed by atoms with Gasteiger partial charge in [0, 0.05) is 5.56 Å². The van der Waals surface area contributed by atoms with E-state index in [0.29, 0.717) is 16.8 Å². The quantitative estimate of drug-likeness (QED) is 0.276. The lowest BCUT2D eigenvalue weighted by Gasteiger charge is -2.09. The molecule has 1 rings (SSSR count). The van der Waals surface area contributed by atoms with E-state index in [4.69, 9.17) is 23.2 Å². The van der Waals surface area contributed by atoms with Crippen molar-refractivity contribution in [1.82, 2.24) is 5.32 Å². The highest BCUT2D eigenvalue weighted by atomic mass is 35.5. The van der Waals surface area contributed by atoms with E-state index in [1.54, 1.807) is 18.2 Å². The Bertz CT molecular complexity index is 651. The Kier molecular flexibility index (Phi) is 6.72. The number of aromatic hydroxyl groups is 1. The summed E-state index contributed by atoms with van der Waals surface area (Å²) >= 11 is 5.76. The largest absolute Gasteiger partial charge is 0.506 e. The third-order valence-electron chi connectivity index (χ3n) is 2.72. The van der Waals surface area contributed by atoms with Crippen molar-refractivity contribution in [1.29, 1.82) is 0 Å². The molecule has 0 fully saturated rings. The molecule has 0 aromatic heterocycles. The molecule has 116 valence electrons. The first kappa shape index (κ1) is 17.3. The lowest BCUT2D eigenvalue weighted by Crippen LogP contribution is -2.30. The van der Waals surface area contributed by atoms with Gasteiger partial charge in [0.05, 0.1) is 17.3 Å². The van der Waals surface area contributed by atoms with Crippen LogP contribution in [0.15, 0.2) is 59.9 Å². The molecule has 0 atom stereocenters. The first-order chi connectivity index (χ1) is 10.5. The lowest BCUT2D eigenvalue weighted by molar-refractivity contribution is 0.0959. The van der Waals surface area contributed by atoms with Crippen LogP contribution in [0.25, 0.3) is 0 Å². The number of nitrogens with one attached hydrogen (secondary N) is 1. The van der Waals surface area contributed by atoms with Crippen molar-refractivity contribution < 1.29 is 9.90 Å². The topological polar surface area (TPSA) is 114 Å². The average molecular weight is 321 g/mol. The van der Waals surface area contributed by atoms with Crippen LogP contribution in [-0.4, -0.2) is 23.3 Å². The average Bonchev–Trinajstić information content (AvgIpc) is 2.52. The van der Waals surface area contributed by atoms with Gasteiger partial charge in [0.25, 0.3) is 5.91 Å². The molecule has 0 heterocycles. The number of benzene rings is 1. The number of nitrogens with zero attached hydrogens (tertiary/aromatic N) is 1. The van der Waals surface area contributed by atoms with Crippen molar-refractivity contribution in [2.75, 3.05) is 6.54 Å². The van der Waals surface area contributed by atoms with E-state index in [-0.39, 0.29) is 23.2 Å². The van der Waals surface area contributed by atoms with E-state index < -0.39 is 0 Å². The summed E-state index contributed by atoms with van der Waals surface area (Å²) in [5.74, 6) is 4.86. The number of phenolic OH excluding ortho intramolecular Hbond substituents is 1. The molecule has 0 saturated heterocycles. The predicted molar refractivity (Wildman–Crippen MR) is 88.7 cm³/mol. The van der Waals surface area contributed by atoms with Crippen molar-refractivity contribution >= 4 is 23.2 Å². The molecule has 0 saturated carbocycles. The van der Waals surface area contributed by atoms with Gasteiger partial charge in [-0.1, -0.05) is 30.3 Å². The molecule has 1 aromatic carbocycles. The smallest absolute Gasteiger partial charge is 0.251 e. The summed E-state index contributed by atoms with van der Waals surface area (Å²) in [6.07, 6.45) is 6.18. The van der Waals surface area contributed by atoms with E-state index in [9.17, 15) is 9.90 Å². The highest BCUT2D eigenvalue weighted by Gasteiger charge is 2.10. The minimum Gasteiger partial charge on any atom is -0.506 e. The molecule has 0 unspecified atom stereocenters. The summed E-state index contributed by atoms with van der Waals surface area (Å²) in [5, 5.41) is 15.7. The van der Waals surface area contributed by atoms with E-state index in [0.717, 1.165) is 0 Å². The van der Waals surface area contributed by atoms with Crippen molar-refractivity contribution in [3.8, 4) is 5.75 Å². The van der Waals surface area contributed by atoms with Gasteiger partial charge in [0.15, 0.2) is 0 Å². The van der Waals surface area contributed by atoms with Crippen molar-refractivity contribution in [3.05, 3.63) is 65.4 Å². The summed E-state index contributed by atoms with van der Waals surface area (Å²) in [5.41, 5.74) is 6.64. The number of amides is 1. The minimum absolute atomic E-state index is 0.0899. The lowest BCUT2D eigenvalue weighted by atomic mass is 10.1. The van der Waals surface area contributed by atoms with Crippen LogP contribution >= 0.6 is 11.6 Å². The maximum Gasteiger partial charge on any atom is 0.251 e. The number of halogens is 1. The first-order valence-corrected chi connectivity index (χ1v) is 6.66. The molecule has 0 radical (unpaired) electrons. The van der Waals surface area contributed by atoms with Gasteiger partial charge < -0.3 is 22.0 Å². The van der Waals surface area contributed by atoms with Gasteiger partial charge >= 0.3 is 0 Å². The number of hydrazone groups is 1. The van der Waals surface area contributed by atoms with E-state index >= 15 is 0 Å². The summed E-state index contributed by atoms with van der Waals surface area (Å²) in [4.78, 5) is 12.0. The Labute approximate surface area is 133 Å². The first-order valence-electron chi connectivity index (χ1n) is 6.28. The molecule has 0 spiro atoms. The number of rotatable bonds is 6. The van der Waals surface area contributed by atoms with Gasteiger partial charge in [-0.3, -0.25) is 4.79 Å². The van der Waals surface area contributed by atoms with Gasteiger partial charge in [-0.05, 0) is 36.0 Å². The standard InChI is InChI=1S/C15H17ClN4O2/c1-2-10(4-3-7-17)13(20-18)9-19-15(22)11-5-6-14(21)12(16)8-11/h2-8,21H,1,9,17-18H2,(H,19,22). The van der Waals surface area contributed by atoms with Gasteiger partial charge in [0.2, 0.25) is 0 Å². The molecular formula is C15H17ClN4O2. The highest BCUT2D eigenvalue weighted by Crippen LogP contribution is 2.23. The van der Waals surface area contributed by atoms with Gasteiger partial charge in [0.1, 0.15) is 5.75 Å². The molecule has 6 nitrogen and oxygen atoms in total. The molecule has 0 bridgehead atoms. The zero-order valence-electron chi connectivity index (χ0n) is 11.8. The molecule has 6 N–H and O–H groups in total. The third-order valence-corrected chi connectivity index (χ3v) is 3.02. The second-order valence-electron chi connectivity index (χ2n) is 4.14. The number of carbonyl (C=O) groups excluding carboxylic acids is 1. The number of hydrogen-bond acceptors (Lipinski definition) is 5. The minimum atomic E-state index is -0.374. The summed E-state index contributed by atoms with van der Waals surface area (Å²) < 4.78 is 0. The van der Waals surface area contributed by atoms with Crippen LogP contribution in [0.4, 0.5) is 0 Å². The number of hydrogen-bond donors (Lipinski definition) is 4. The predicted octanol–water partition coefficient (Wildman–Crippen LogP) is 1.67. The molecule has 1 aromatic rings. The maximum atomic E-state index is 12.0. The van der Waals surface area contributed by atoms with Crippen molar-refractivity contribution in [3.63, 3.8) is 0 Å². The maximum absolute atomic E-state index is 12.0. The Morgan fingerprint density at radius 1 is 1.50 bits per heavy atom. The van der Waals surface area contributed by atoms with Crippen molar-refractivity contribution in [2.24, 2.45) is 16.7 Å². The third kappa shape index (κ3) is 4.68. The van der Waals surface area contributed by atoms with Crippen LogP contribution in [0.5, 0.6) is 5.75 Å². The Hall–Kier alpha value is -2.73. The van der Waals surface area contributed by atoms with Crippen LogP contribution in [0, 0.1) is 0 Å². The van der Waals surface area contributed by atoms with E-state index in [2.05, 4.69) is 17.0 Å². The molecule has 7 heteroatoms. The van der Waals surface area contributed by atoms with Gasteiger partial charge in [-0.15, -0.1) is 0 Å². The van der Waals surface area contributed by atoms with Gasteiger partial charge in [-0.25, -0.2) is 0 Å². The van der Waals surface area contributed by atoms with E-state index in [1.165, 1.54) is 24.4 Å². The Morgan fingerprint density at radius 2 is 2.23 bits per heavy atom. The van der Waals surface area contributed by atoms with Crippen LogP contribution in [0.1, 0.15) is 10.4 Å². The van der Waals surface area contributed by atoms with Crippen LogP contribution < -0.4 is 16.9 Å². The fraction of sp³-hybridized carbons (Fsp3) is 0.0667. The summed E-state index contributed by atoms with van der Waals surface area (Å²) in [6.45, 7) is 3.75. The second kappa shape index (κ2) is 8.53. The Morgan fingerprint density at radius 3 is 2.77 bits per heavy atom. The zero-order valence-corrected chi connectivity index (χ0v) is 12.5. The van der Waals surface area contributed by atoms with Crippen LogP contribution in [-0.2, 0) is 0 Å². The number of phenols is 1. The summed E-state index contributed by atoms with van der Waals surface area (Å²) in [7, 11) is 0. The molecule has 1 amide bonds. The SMILES string of the molecule is C=CC(=CC=CN)C(CNC(=O)c1ccc(O)c(Cl)c1)=NN. The number of allylic oxidation sites excluding steroid dienone is 3. The Balaban J connectivity index is 2.80. The van der Waals surface area contributed by atoms with E-state index in [1.807, 2.05) is 0 Å². The fourth-order valence-corrected chi connectivity index (χ4v) is 1.76. The zero-order chi connectivity index (χ0) is 16.5. The highest BCUT2D eigenvalue weighted by molar-refractivity contribution is 6.32. The molecule has 0 aliphatic carbocycles. The van der Waals surface area contributed by atoms with Crippen molar-refractivity contribution in [2.45, 2.75) is 0 Å². The van der Waals surface area contributed by atoms with Gasteiger partial charge in [-0.2, -0.15) is 5.10 Å². The molecule has 0 aliphatic heterocycles. The molecule has 0 aliphatic rings. The fourth-order valence-electron chi connectivity index (χ4n) is 1.58. The molecular weight excluding hydrogens is 304 g/mol. The van der Waals surface area contributed by atoms with Crippen LogP contribution in [0.3, 0.4) is 0 Å². The second-order valence-corrected chi connectivity index (χ2v) is 4.54. The number of nitrogens with two attached hydrogens (primary N) is 2. The monoisotopic (exact) mass is 320 g/mol. The number of carbonyl (C=O) groups is 1. The van der Waals surface area contributed by atoms with Crippen LogP contribution in [0.2, 0.25) is 5.02 Å². The molecule has 22 heavy (non-hydrogen) atoms. The normalized spacial score (nSPS) is 12.4. The summed E-state index contributed by atoms with van der Waals surface area (Å²) in [6, 6.07) is 4.17.